The minimum Gasteiger partial charge on any atom is -0.491 e. The average Bonchev–Trinajstić information content (AvgIpc) is 2.37. The summed E-state index contributed by atoms with van der Waals surface area (Å²) in [4.78, 5) is 0. The summed E-state index contributed by atoms with van der Waals surface area (Å²) in [7, 11) is 0. The van der Waals surface area contributed by atoms with Crippen LogP contribution in [-0.4, -0.2) is 36.1 Å². The van der Waals surface area contributed by atoms with Crippen molar-refractivity contribution in [2.45, 2.75) is 25.4 Å². The number of aliphatic hydroxyl groups excluding tert-OH is 2. The highest BCUT2D eigenvalue weighted by Gasteiger charge is 2.02. The predicted octanol–water partition coefficient (Wildman–Crippen LogP) is 1.12. The molecule has 0 aliphatic heterocycles. The highest BCUT2D eigenvalue weighted by atomic mass is 35.5. The van der Waals surface area contributed by atoms with E-state index in [0.29, 0.717) is 5.75 Å². The molecule has 0 heterocycles. The fourth-order valence-corrected chi connectivity index (χ4v) is 1.47. The van der Waals surface area contributed by atoms with Gasteiger partial charge in [-0.25, -0.2) is 0 Å². The third-order valence-corrected chi connectivity index (χ3v) is 2.50. The normalized spacial score (nSPS) is 11.7. The highest BCUT2D eigenvalue weighted by Crippen LogP contribution is 2.14. The fourth-order valence-electron chi connectivity index (χ4n) is 1.47. The molecule has 0 radical (unpaired) electrons. The summed E-state index contributed by atoms with van der Waals surface area (Å²) in [6, 6.07) is 7.78. The number of hydrogen-bond acceptors (Lipinski definition) is 4. The van der Waals surface area contributed by atoms with E-state index in [1.807, 2.05) is 24.3 Å². The number of aryl methyl sites for hydroxylation is 1. The molecule has 4 N–H and O–H groups in total. The summed E-state index contributed by atoms with van der Waals surface area (Å²) < 4.78 is 5.31. The molecular formula is C13H22ClNO3. The summed E-state index contributed by atoms with van der Waals surface area (Å²) in [6.07, 6.45) is 2.34. The van der Waals surface area contributed by atoms with Crippen molar-refractivity contribution in [2.24, 2.45) is 5.73 Å². The first-order valence-corrected chi connectivity index (χ1v) is 5.97. The van der Waals surface area contributed by atoms with Gasteiger partial charge in [-0.1, -0.05) is 12.1 Å². The van der Waals surface area contributed by atoms with E-state index in [1.54, 1.807) is 0 Å². The lowest BCUT2D eigenvalue weighted by Gasteiger charge is -2.10. The van der Waals surface area contributed by atoms with E-state index in [4.69, 9.17) is 20.7 Å². The van der Waals surface area contributed by atoms with Crippen molar-refractivity contribution in [3.05, 3.63) is 29.8 Å². The minimum atomic E-state index is -0.820. The van der Waals surface area contributed by atoms with Crippen LogP contribution in [0, 0.1) is 0 Å². The first-order valence-electron chi connectivity index (χ1n) is 5.97. The Morgan fingerprint density at radius 3 is 2.39 bits per heavy atom. The summed E-state index contributed by atoms with van der Waals surface area (Å²) >= 11 is 0. The molecule has 1 rings (SSSR count). The SMILES string of the molecule is Cl.NCCCCc1ccc(OCC(O)CO)cc1. The van der Waals surface area contributed by atoms with Crippen molar-refractivity contribution in [1.29, 1.82) is 0 Å². The maximum absolute atomic E-state index is 9.13. The lowest BCUT2D eigenvalue weighted by Crippen LogP contribution is -2.21. The number of nitrogens with two attached hydrogens (primary N) is 1. The number of hydrogen-bond donors (Lipinski definition) is 3. The average molecular weight is 276 g/mol. The summed E-state index contributed by atoms with van der Waals surface area (Å²) in [5.74, 6) is 0.708. The monoisotopic (exact) mass is 275 g/mol. The van der Waals surface area contributed by atoms with Crippen molar-refractivity contribution in [3.63, 3.8) is 0 Å². The number of aliphatic hydroxyl groups is 2. The molecule has 0 fully saturated rings. The maximum Gasteiger partial charge on any atom is 0.119 e. The molecule has 0 aliphatic rings. The van der Waals surface area contributed by atoms with E-state index < -0.39 is 6.10 Å². The zero-order chi connectivity index (χ0) is 12.5. The van der Waals surface area contributed by atoms with Crippen molar-refractivity contribution in [3.8, 4) is 5.75 Å². The maximum atomic E-state index is 9.13. The molecule has 0 amide bonds. The Hall–Kier alpha value is -0.810. The highest BCUT2D eigenvalue weighted by molar-refractivity contribution is 5.85. The molecular weight excluding hydrogens is 254 g/mol. The van der Waals surface area contributed by atoms with Crippen LogP contribution >= 0.6 is 12.4 Å². The molecule has 4 nitrogen and oxygen atoms in total. The topological polar surface area (TPSA) is 75.7 Å². The second kappa shape index (κ2) is 10.1. The molecule has 0 aliphatic carbocycles. The van der Waals surface area contributed by atoms with Crippen LogP contribution in [0.5, 0.6) is 5.75 Å². The Balaban J connectivity index is 0.00000289. The molecule has 0 aromatic heterocycles. The number of benzene rings is 1. The molecule has 1 aromatic carbocycles. The van der Waals surface area contributed by atoms with Crippen LogP contribution in [0.25, 0.3) is 0 Å². The number of unbranched alkanes of at least 4 members (excludes halogenated alkanes) is 1. The van der Waals surface area contributed by atoms with Gasteiger partial charge in [-0.2, -0.15) is 0 Å². The third kappa shape index (κ3) is 6.81. The van der Waals surface area contributed by atoms with Gasteiger partial charge in [-0.05, 0) is 43.5 Å². The lowest BCUT2D eigenvalue weighted by atomic mass is 10.1. The van der Waals surface area contributed by atoms with Crippen molar-refractivity contribution in [2.75, 3.05) is 19.8 Å². The Kier molecular flexibility index (Phi) is 9.69. The van der Waals surface area contributed by atoms with Gasteiger partial charge in [-0.3, -0.25) is 0 Å². The van der Waals surface area contributed by atoms with E-state index in [9.17, 15) is 0 Å². The number of halogens is 1. The van der Waals surface area contributed by atoms with Crippen molar-refractivity contribution >= 4 is 12.4 Å². The number of ether oxygens (including phenoxy) is 1. The Morgan fingerprint density at radius 2 is 1.83 bits per heavy atom. The second-order valence-electron chi connectivity index (χ2n) is 4.04. The number of rotatable bonds is 8. The second-order valence-corrected chi connectivity index (χ2v) is 4.04. The van der Waals surface area contributed by atoms with E-state index in [2.05, 4.69) is 0 Å². The van der Waals surface area contributed by atoms with Gasteiger partial charge in [0.05, 0.1) is 6.61 Å². The minimum absolute atomic E-state index is 0. The van der Waals surface area contributed by atoms with Gasteiger partial charge in [0.2, 0.25) is 0 Å². The molecule has 18 heavy (non-hydrogen) atoms. The van der Waals surface area contributed by atoms with E-state index in [-0.39, 0.29) is 25.6 Å². The summed E-state index contributed by atoms with van der Waals surface area (Å²) in [5, 5.41) is 17.8. The van der Waals surface area contributed by atoms with Crippen LogP contribution in [-0.2, 0) is 6.42 Å². The largest absolute Gasteiger partial charge is 0.491 e. The molecule has 104 valence electrons. The van der Waals surface area contributed by atoms with Crippen LogP contribution in [0.15, 0.2) is 24.3 Å². The van der Waals surface area contributed by atoms with E-state index >= 15 is 0 Å². The van der Waals surface area contributed by atoms with Gasteiger partial charge in [0.1, 0.15) is 18.5 Å². The van der Waals surface area contributed by atoms with Crippen LogP contribution in [0.2, 0.25) is 0 Å². The van der Waals surface area contributed by atoms with Gasteiger partial charge >= 0.3 is 0 Å². The van der Waals surface area contributed by atoms with E-state index in [1.165, 1.54) is 5.56 Å². The Morgan fingerprint density at radius 1 is 1.17 bits per heavy atom. The quantitative estimate of drug-likeness (QED) is 0.622. The third-order valence-electron chi connectivity index (χ3n) is 2.50. The van der Waals surface area contributed by atoms with Crippen LogP contribution in [0.4, 0.5) is 0 Å². The van der Waals surface area contributed by atoms with Gasteiger partial charge in [-0.15, -0.1) is 12.4 Å². The summed E-state index contributed by atoms with van der Waals surface area (Å²) in [6.45, 7) is 0.570. The summed E-state index contributed by atoms with van der Waals surface area (Å²) in [5.41, 5.74) is 6.69. The first-order chi connectivity index (χ1) is 8.26. The molecule has 0 saturated heterocycles. The van der Waals surface area contributed by atoms with Crippen molar-refractivity contribution in [1.82, 2.24) is 0 Å². The first kappa shape index (κ1) is 17.2. The Bertz CT molecular complexity index is 306. The molecule has 0 spiro atoms. The molecule has 1 aromatic rings. The van der Waals surface area contributed by atoms with Gasteiger partial charge in [0.15, 0.2) is 0 Å². The van der Waals surface area contributed by atoms with Crippen LogP contribution in [0.3, 0.4) is 0 Å². The molecule has 1 atom stereocenters. The van der Waals surface area contributed by atoms with Crippen molar-refractivity contribution < 1.29 is 14.9 Å². The zero-order valence-corrected chi connectivity index (χ0v) is 11.2. The zero-order valence-electron chi connectivity index (χ0n) is 10.4. The van der Waals surface area contributed by atoms with Crippen LogP contribution < -0.4 is 10.5 Å². The van der Waals surface area contributed by atoms with Gasteiger partial charge < -0.3 is 20.7 Å². The van der Waals surface area contributed by atoms with Gasteiger partial charge in [0, 0.05) is 0 Å². The van der Waals surface area contributed by atoms with Gasteiger partial charge in [0.25, 0.3) is 0 Å². The predicted molar refractivity (Wildman–Crippen MR) is 74.3 cm³/mol. The fraction of sp³-hybridized carbons (Fsp3) is 0.538. The lowest BCUT2D eigenvalue weighted by molar-refractivity contribution is 0.0536. The smallest absolute Gasteiger partial charge is 0.119 e. The van der Waals surface area contributed by atoms with E-state index in [0.717, 1.165) is 25.8 Å². The Labute approximate surface area is 114 Å². The molecule has 1 unspecified atom stereocenters. The molecule has 0 saturated carbocycles. The molecule has 0 bridgehead atoms. The van der Waals surface area contributed by atoms with Crippen LogP contribution in [0.1, 0.15) is 18.4 Å². The standard InChI is InChI=1S/C13H21NO3.ClH/c14-8-2-1-3-11-4-6-13(7-5-11)17-10-12(16)9-15;/h4-7,12,15-16H,1-3,8-10,14H2;1H. The molecule has 5 heteroatoms.